The molecule has 0 aromatic carbocycles. The second kappa shape index (κ2) is 6.19. The molecule has 1 heterocycles. The van der Waals surface area contributed by atoms with Crippen molar-refractivity contribution in [3.8, 4) is 0 Å². The van der Waals surface area contributed by atoms with Crippen LogP contribution < -0.4 is 0 Å². The van der Waals surface area contributed by atoms with E-state index in [2.05, 4.69) is 19.9 Å². The monoisotopic (exact) mass is 292 g/mol. The van der Waals surface area contributed by atoms with E-state index in [0.717, 1.165) is 11.8 Å². The van der Waals surface area contributed by atoms with Gasteiger partial charge < -0.3 is 5.11 Å². The number of aryl methyl sites for hydroxylation is 2. The minimum Gasteiger partial charge on any atom is -0.387 e. The van der Waals surface area contributed by atoms with Gasteiger partial charge in [-0.1, -0.05) is 26.7 Å². The fourth-order valence-corrected chi connectivity index (χ4v) is 5.28. The first-order chi connectivity index (χ1) is 9.65. The zero-order valence-electron chi connectivity index (χ0n) is 12.9. The first-order valence-electron chi connectivity index (χ1n) is 8.44. The summed E-state index contributed by atoms with van der Waals surface area (Å²) in [7, 11) is 0. The maximum Gasteiger partial charge on any atom is 0.0910 e. The van der Waals surface area contributed by atoms with Crippen LogP contribution in [0.3, 0.4) is 0 Å². The van der Waals surface area contributed by atoms with Crippen LogP contribution in [0.1, 0.15) is 73.8 Å². The van der Waals surface area contributed by atoms with Gasteiger partial charge >= 0.3 is 0 Å². The molecule has 0 saturated heterocycles. The van der Waals surface area contributed by atoms with E-state index >= 15 is 0 Å². The van der Waals surface area contributed by atoms with Crippen molar-refractivity contribution in [1.29, 1.82) is 0 Å². The van der Waals surface area contributed by atoms with Gasteiger partial charge in [0, 0.05) is 9.75 Å². The second-order valence-corrected chi connectivity index (χ2v) is 8.30. The van der Waals surface area contributed by atoms with Crippen LogP contribution in [0.25, 0.3) is 0 Å². The van der Waals surface area contributed by atoms with Gasteiger partial charge in [-0.25, -0.2) is 0 Å². The maximum absolute atomic E-state index is 10.8. The van der Waals surface area contributed by atoms with Gasteiger partial charge in [0.1, 0.15) is 0 Å². The zero-order chi connectivity index (χ0) is 14.1. The Morgan fingerprint density at radius 3 is 2.70 bits per heavy atom. The molecule has 0 bridgehead atoms. The molecule has 2 aliphatic carbocycles. The van der Waals surface area contributed by atoms with E-state index < -0.39 is 0 Å². The van der Waals surface area contributed by atoms with Crippen molar-refractivity contribution in [2.45, 2.75) is 71.3 Å². The van der Waals surface area contributed by atoms with E-state index in [-0.39, 0.29) is 6.10 Å². The molecule has 20 heavy (non-hydrogen) atoms. The quantitative estimate of drug-likeness (QED) is 0.750. The van der Waals surface area contributed by atoms with Gasteiger partial charge in [0.25, 0.3) is 0 Å². The third kappa shape index (κ3) is 2.96. The van der Waals surface area contributed by atoms with Crippen LogP contribution in [0.15, 0.2) is 6.07 Å². The highest BCUT2D eigenvalue weighted by molar-refractivity contribution is 7.12. The number of hydrogen-bond acceptors (Lipinski definition) is 2. The Kier molecular flexibility index (Phi) is 4.52. The number of thiophene rings is 1. The van der Waals surface area contributed by atoms with Gasteiger partial charge in [-0.15, -0.1) is 11.3 Å². The highest BCUT2D eigenvalue weighted by atomic mass is 32.1. The molecule has 1 saturated carbocycles. The Morgan fingerprint density at radius 1 is 1.10 bits per heavy atom. The molecule has 1 nitrogen and oxygen atoms in total. The smallest absolute Gasteiger partial charge is 0.0910 e. The van der Waals surface area contributed by atoms with Crippen molar-refractivity contribution < 1.29 is 5.11 Å². The van der Waals surface area contributed by atoms with Crippen LogP contribution in [-0.2, 0) is 12.8 Å². The Bertz CT molecular complexity index is 427. The zero-order valence-corrected chi connectivity index (χ0v) is 13.7. The lowest BCUT2D eigenvalue weighted by molar-refractivity contribution is 0.0585. The molecule has 4 unspecified atom stereocenters. The molecule has 1 aromatic heterocycles. The topological polar surface area (TPSA) is 20.2 Å². The maximum atomic E-state index is 10.8. The summed E-state index contributed by atoms with van der Waals surface area (Å²) in [6.07, 6.45) is 9.99. The number of aliphatic hydroxyl groups excluding tert-OH is 1. The molecule has 3 rings (SSSR count). The number of hydrogen-bond donors (Lipinski definition) is 1. The van der Waals surface area contributed by atoms with Crippen LogP contribution in [0, 0.1) is 17.8 Å². The highest BCUT2D eigenvalue weighted by Gasteiger charge is 2.31. The second-order valence-electron chi connectivity index (χ2n) is 7.13. The van der Waals surface area contributed by atoms with E-state index in [1.54, 1.807) is 10.4 Å². The minimum atomic E-state index is -0.207. The first kappa shape index (κ1) is 14.6. The van der Waals surface area contributed by atoms with Crippen LogP contribution in [0.5, 0.6) is 0 Å². The lowest BCUT2D eigenvalue weighted by Crippen LogP contribution is -2.24. The summed E-state index contributed by atoms with van der Waals surface area (Å²) in [5, 5.41) is 10.8. The minimum absolute atomic E-state index is 0.207. The average molecular weight is 292 g/mol. The molecule has 1 aromatic rings. The van der Waals surface area contributed by atoms with Gasteiger partial charge in [-0.2, -0.15) is 0 Å². The molecule has 0 radical (unpaired) electrons. The number of fused-ring (bicyclic) bond motifs is 1. The van der Waals surface area contributed by atoms with Crippen LogP contribution in [-0.4, -0.2) is 5.11 Å². The third-order valence-corrected chi connectivity index (χ3v) is 6.95. The molecule has 2 aliphatic rings. The van der Waals surface area contributed by atoms with Crippen molar-refractivity contribution in [3.05, 3.63) is 21.4 Å². The number of rotatable bonds is 2. The summed E-state index contributed by atoms with van der Waals surface area (Å²) in [6, 6.07) is 2.33. The molecule has 1 N–H and O–H groups in total. The van der Waals surface area contributed by atoms with E-state index in [0.29, 0.717) is 5.92 Å². The fraction of sp³-hybridized carbons (Fsp3) is 0.778. The first-order valence-corrected chi connectivity index (χ1v) is 9.26. The van der Waals surface area contributed by atoms with Crippen molar-refractivity contribution in [1.82, 2.24) is 0 Å². The van der Waals surface area contributed by atoms with E-state index in [1.165, 1.54) is 56.2 Å². The number of aliphatic hydroxyl groups is 1. The summed E-state index contributed by atoms with van der Waals surface area (Å²) in [5.74, 6) is 2.09. The van der Waals surface area contributed by atoms with Crippen molar-refractivity contribution in [2.24, 2.45) is 17.8 Å². The summed E-state index contributed by atoms with van der Waals surface area (Å²) >= 11 is 1.90. The molecule has 0 aliphatic heterocycles. The molecular weight excluding hydrogens is 264 g/mol. The predicted octanol–water partition coefficient (Wildman–Crippen LogP) is 5.12. The SMILES string of the molecule is CC1CCC(C(O)c2cc3c(s2)CCCCC3)CC1C. The van der Waals surface area contributed by atoms with Gasteiger partial charge in [0.05, 0.1) is 6.10 Å². The van der Waals surface area contributed by atoms with Gasteiger partial charge in [0.2, 0.25) is 0 Å². The summed E-state index contributed by atoms with van der Waals surface area (Å²) < 4.78 is 0. The largest absolute Gasteiger partial charge is 0.387 e. The van der Waals surface area contributed by atoms with E-state index in [4.69, 9.17) is 0 Å². The standard InChI is InChI=1S/C18H28OS/c1-12-8-9-15(10-13(12)2)18(19)17-11-14-6-4-3-5-7-16(14)20-17/h11-13,15,18-19H,3-10H2,1-2H3. The Labute approximate surface area is 127 Å². The van der Waals surface area contributed by atoms with E-state index in [1.807, 2.05) is 11.3 Å². The molecule has 4 atom stereocenters. The molecule has 2 heteroatoms. The highest BCUT2D eigenvalue weighted by Crippen LogP contribution is 2.42. The fourth-order valence-electron chi connectivity index (χ4n) is 3.94. The Balaban J connectivity index is 1.72. The summed E-state index contributed by atoms with van der Waals surface area (Å²) in [4.78, 5) is 2.82. The van der Waals surface area contributed by atoms with Gasteiger partial charge in [0.15, 0.2) is 0 Å². The average Bonchev–Trinajstić information content (AvgIpc) is 2.72. The van der Waals surface area contributed by atoms with Crippen LogP contribution in [0.2, 0.25) is 0 Å². The summed E-state index contributed by atoms with van der Waals surface area (Å²) in [5.41, 5.74) is 1.54. The van der Waals surface area contributed by atoms with E-state index in [9.17, 15) is 5.11 Å². The summed E-state index contributed by atoms with van der Waals surface area (Å²) in [6.45, 7) is 4.72. The molecular formula is C18H28OS. The Morgan fingerprint density at radius 2 is 1.90 bits per heavy atom. The molecule has 1 fully saturated rings. The van der Waals surface area contributed by atoms with Crippen molar-refractivity contribution in [3.63, 3.8) is 0 Å². The normalized spacial score (nSPS) is 32.5. The van der Waals surface area contributed by atoms with Crippen molar-refractivity contribution in [2.75, 3.05) is 0 Å². The predicted molar refractivity (Wildman–Crippen MR) is 86.2 cm³/mol. The van der Waals surface area contributed by atoms with Crippen molar-refractivity contribution >= 4 is 11.3 Å². The van der Waals surface area contributed by atoms with Crippen LogP contribution >= 0.6 is 11.3 Å². The molecule has 112 valence electrons. The molecule has 0 amide bonds. The van der Waals surface area contributed by atoms with Gasteiger partial charge in [-0.05, 0) is 67.9 Å². The third-order valence-electron chi connectivity index (χ3n) is 5.64. The lowest BCUT2D eigenvalue weighted by Gasteiger charge is -2.34. The molecule has 0 spiro atoms. The van der Waals surface area contributed by atoms with Gasteiger partial charge in [-0.3, -0.25) is 0 Å². The van der Waals surface area contributed by atoms with Crippen LogP contribution in [0.4, 0.5) is 0 Å². The Hall–Kier alpha value is -0.340. The lowest BCUT2D eigenvalue weighted by atomic mass is 9.73.